The van der Waals surface area contributed by atoms with Gasteiger partial charge in [0, 0.05) is 11.1 Å². The molecule has 7 heteroatoms. The molecule has 0 heterocycles. The SMILES string of the molecule is CCC1CCC(c2ccc(-c3cccc(Oc4ccc(OC(F)(F)F)cc4)c3F)c(F)c2)CC1. The Morgan fingerprint density at radius 3 is 2.12 bits per heavy atom. The maximum absolute atomic E-state index is 15.2. The smallest absolute Gasteiger partial charge is 0.454 e. The highest BCUT2D eigenvalue weighted by atomic mass is 19.4. The van der Waals surface area contributed by atoms with Crippen molar-refractivity contribution in [2.24, 2.45) is 5.92 Å². The third-order valence-corrected chi connectivity index (χ3v) is 6.43. The summed E-state index contributed by atoms with van der Waals surface area (Å²) in [5.74, 6) is -0.666. The van der Waals surface area contributed by atoms with E-state index in [1.54, 1.807) is 6.07 Å². The lowest BCUT2D eigenvalue weighted by molar-refractivity contribution is -0.274. The van der Waals surface area contributed by atoms with Crippen LogP contribution in [0.2, 0.25) is 0 Å². The normalized spacial score (nSPS) is 18.5. The van der Waals surface area contributed by atoms with Gasteiger partial charge < -0.3 is 9.47 Å². The van der Waals surface area contributed by atoms with Crippen molar-refractivity contribution >= 4 is 0 Å². The van der Waals surface area contributed by atoms with Gasteiger partial charge in [0.05, 0.1) is 0 Å². The first-order valence-electron chi connectivity index (χ1n) is 11.4. The van der Waals surface area contributed by atoms with E-state index in [-0.39, 0.29) is 22.6 Å². The number of hydrogen-bond donors (Lipinski definition) is 0. The van der Waals surface area contributed by atoms with E-state index in [2.05, 4.69) is 11.7 Å². The summed E-state index contributed by atoms with van der Waals surface area (Å²) in [6.07, 6.45) is 0.702. The molecule has 0 spiro atoms. The van der Waals surface area contributed by atoms with Gasteiger partial charge in [-0.3, -0.25) is 0 Å². The van der Waals surface area contributed by atoms with Crippen molar-refractivity contribution in [3.05, 3.63) is 77.9 Å². The molecule has 1 aliphatic carbocycles. The van der Waals surface area contributed by atoms with Gasteiger partial charge in [0.1, 0.15) is 17.3 Å². The van der Waals surface area contributed by atoms with Gasteiger partial charge in [-0.2, -0.15) is 0 Å². The van der Waals surface area contributed by atoms with Crippen molar-refractivity contribution in [1.29, 1.82) is 0 Å². The first-order valence-corrected chi connectivity index (χ1v) is 11.4. The molecule has 4 rings (SSSR count). The number of rotatable bonds is 6. The fourth-order valence-corrected chi connectivity index (χ4v) is 4.54. The van der Waals surface area contributed by atoms with Crippen LogP contribution in [0.25, 0.3) is 11.1 Å². The third-order valence-electron chi connectivity index (χ3n) is 6.43. The number of benzene rings is 3. The zero-order valence-corrected chi connectivity index (χ0v) is 18.7. The average Bonchev–Trinajstić information content (AvgIpc) is 2.81. The minimum atomic E-state index is -4.81. The quantitative estimate of drug-likeness (QED) is 0.331. The molecule has 0 aliphatic heterocycles. The summed E-state index contributed by atoms with van der Waals surface area (Å²) in [7, 11) is 0. The van der Waals surface area contributed by atoms with Crippen LogP contribution in [0.1, 0.15) is 50.5 Å². The monoisotopic (exact) mass is 476 g/mol. The zero-order chi connectivity index (χ0) is 24.3. The summed E-state index contributed by atoms with van der Waals surface area (Å²) in [5, 5.41) is 0. The number of halogens is 5. The molecule has 1 saturated carbocycles. The minimum Gasteiger partial charge on any atom is -0.454 e. The van der Waals surface area contributed by atoms with Crippen LogP contribution in [0.3, 0.4) is 0 Å². The lowest BCUT2D eigenvalue weighted by atomic mass is 9.77. The highest BCUT2D eigenvalue weighted by Gasteiger charge is 2.31. The van der Waals surface area contributed by atoms with Gasteiger partial charge in [-0.25, -0.2) is 8.78 Å². The zero-order valence-electron chi connectivity index (χ0n) is 18.7. The molecule has 34 heavy (non-hydrogen) atoms. The molecule has 3 aromatic rings. The van der Waals surface area contributed by atoms with Gasteiger partial charge in [-0.05, 0) is 79.5 Å². The van der Waals surface area contributed by atoms with Crippen molar-refractivity contribution in [3.8, 4) is 28.4 Å². The predicted octanol–water partition coefficient (Wildman–Crippen LogP) is 9.01. The second-order valence-corrected chi connectivity index (χ2v) is 8.60. The minimum absolute atomic E-state index is 0.0493. The summed E-state index contributed by atoms with van der Waals surface area (Å²) < 4.78 is 76.5. The molecule has 0 bridgehead atoms. The van der Waals surface area contributed by atoms with E-state index >= 15 is 8.78 Å². The maximum atomic E-state index is 15.2. The molecule has 2 nitrogen and oxygen atoms in total. The fourth-order valence-electron chi connectivity index (χ4n) is 4.54. The van der Waals surface area contributed by atoms with Crippen molar-refractivity contribution in [2.45, 2.75) is 51.3 Å². The van der Waals surface area contributed by atoms with Crippen molar-refractivity contribution in [2.75, 3.05) is 0 Å². The van der Waals surface area contributed by atoms with Crippen molar-refractivity contribution in [1.82, 2.24) is 0 Å². The summed E-state index contributed by atoms with van der Waals surface area (Å²) in [6, 6.07) is 13.9. The van der Waals surface area contributed by atoms with Crippen LogP contribution >= 0.6 is 0 Å². The van der Waals surface area contributed by atoms with E-state index in [9.17, 15) is 13.2 Å². The topological polar surface area (TPSA) is 18.5 Å². The van der Waals surface area contributed by atoms with Crippen LogP contribution < -0.4 is 9.47 Å². The van der Waals surface area contributed by atoms with Gasteiger partial charge in [-0.1, -0.05) is 37.6 Å². The van der Waals surface area contributed by atoms with E-state index in [0.29, 0.717) is 5.92 Å². The summed E-state index contributed by atoms with van der Waals surface area (Å²) in [4.78, 5) is 0. The van der Waals surface area contributed by atoms with Crippen molar-refractivity contribution < 1.29 is 31.4 Å². The Kier molecular flexibility index (Phi) is 7.10. The Labute approximate surface area is 195 Å². The molecular weight excluding hydrogens is 451 g/mol. The van der Waals surface area contributed by atoms with E-state index in [1.807, 2.05) is 6.07 Å². The Bertz CT molecular complexity index is 1120. The van der Waals surface area contributed by atoms with Crippen LogP contribution in [0, 0.1) is 17.6 Å². The third kappa shape index (κ3) is 5.69. The molecule has 0 radical (unpaired) electrons. The Morgan fingerprint density at radius 1 is 0.824 bits per heavy atom. The summed E-state index contributed by atoms with van der Waals surface area (Å²) in [6.45, 7) is 2.20. The van der Waals surface area contributed by atoms with Crippen LogP contribution in [0.15, 0.2) is 60.7 Å². The van der Waals surface area contributed by atoms with E-state index < -0.39 is 23.7 Å². The fraction of sp³-hybridized carbons (Fsp3) is 0.333. The van der Waals surface area contributed by atoms with Crippen LogP contribution in [0.4, 0.5) is 22.0 Å². The lowest BCUT2D eigenvalue weighted by Gasteiger charge is -2.28. The molecule has 0 aromatic heterocycles. The molecule has 0 atom stereocenters. The standard InChI is InChI=1S/C27H25F5O2/c1-2-17-6-8-18(9-7-17)19-10-15-22(24(28)16-19)23-4-3-5-25(26(23)29)33-20-11-13-21(14-12-20)34-27(30,31)32/h3-5,10-18H,2,6-9H2,1H3. The number of ether oxygens (including phenoxy) is 2. The molecule has 180 valence electrons. The van der Waals surface area contributed by atoms with E-state index in [4.69, 9.17) is 4.74 Å². The largest absolute Gasteiger partial charge is 0.573 e. The second-order valence-electron chi connectivity index (χ2n) is 8.60. The molecule has 1 aliphatic rings. The second kappa shape index (κ2) is 10.0. The highest BCUT2D eigenvalue weighted by Crippen LogP contribution is 2.39. The molecule has 0 amide bonds. The average molecular weight is 476 g/mol. The van der Waals surface area contributed by atoms with Crippen molar-refractivity contribution in [3.63, 3.8) is 0 Å². The summed E-state index contributed by atoms with van der Waals surface area (Å²) >= 11 is 0. The van der Waals surface area contributed by atoms with Gasteiger partial charge >= 0.3 is 6.36 Å². The van der Waals surface area contributed by atoms with Gasteiger partial charge in [-0.15, -0.1) is 13.2 Å². The Hall–Kier alpha value is -3.09. The Morgan fingerprint density at radius 2 is 1.50 bits per heavy atom. The van der Waals surface area contributed by atoms with E-state index in [0.717, 1.165) is 49.3 Å². The Balaban J connectivity index is 1.51. The summed E-state index contributed by atoms with van der Waals surface area (Å²) in [5.41, 5.74) is 1.11. The molecule has 1 fully saturated rings. The molecule has 0 unspecified atom stereocenters. The van der Waals surface area contributed by atoms with Crippen LogP contribution in [-0.4, -0.2) is 6.36 Å². The molecule has 0 N–H and O–H groups in total. The van der Waals surface area contributed by atoms with Gasteiger partial charge in [0.25, 0.3) is 0 Å². The van der Waals surface area contributed by atoms with Crippen LogP contribution in [-0.2, 0) is 0 Å². The first kappa shape index (κ1) is 24.0. The molecule has 0 saturated heterocycles. The number of hydrogen-bond acceptors (Lipinski definition) is 2. The van der Waals surface area contributed by atoms with Gasteiger partial charge in [0.15, 0.2) is 11.6 Å². The number of alkyl halides is 3. The predicted molar refractivity (Wildman–Crippen MR) is 120 cm³/mol. The lowest BCUT2D eigenvalue weighted by Crippen LogP contribution is -2.16. The maximum Gasteiger partial charge on any atom is 0.573 e. The first-order chi connectivity index (χ1) is 16.2. The van der Waals surface area contributed by atoms with E-state index in [1.165, 1.54) is 42.8 Å². The van der Waals surface area contributed by atoms with Gasteiger partial charge in [0.2, 0.25) is 0 Å². The van der Waals surface area contributed by atoms with Crippen LogP contribution in [0.5, 0.6) is 17.2 Å². The highest BCUT2D eigenvalue weighted by molar-refractivity contribution is 5.67. The molecule has 3 aromatic carbocycles. The molecular formula is C27H25F5O2.